The van der Waals surface area contributed by atoms with Gasteiger partial charge in [-0.05, 0) is 42.7 Å². The molecule has 1 aliphatic rings. The average molecular weight is 394 g/mol. The molecule has 0 saturated carbocycles. The smallest absolute Gasteiger partial charge is 0.317 e. The summed E-state index contributed by atoms with van der Waals surface area (Å²) in [6.07, 6.45) is 1.27. The first-order valence-corrected chi connectivity index (χ1v) is 9.76. The Morgan fingerprint density at radius 3 is 2.41 bits per heavy atom. The molecule has 1 fully saturated rings. The molecule has 0 aliphatic carbocycles. The van der Waals surface area contributed by atoms with Crippen LogP contribution in [0.25, 0.3) is 0 Å². The first kappa shape index (κ1) is 20.4. The van der Waals surface area contributed by atoms with Gasteiger partial charge in [0.05, 0.1) is 0 Å². The lowest BCUT2D eigenvalue weighted by Crippen LogP contribution is -2.45. The Balaban J connectivity index is 1.45. The average Bonchev–Trinajstić information content (AvgIpc) is 2.78. The van der Waals surface area contributed by atoms with Gasteiger partial charge < -0.3 is 20.9 Å². The lowest BCUT2D eigenvalue weighted by Gasteiger charge is -2.31. The molecule has 0 spiro atoms. The van der Waals surface area contributed by atoms with Crippen molar-refractivity contribution in [1.29, 1.82) is 0 Å². The van der Waals surface area contributed by atoms with Gasteiger partial charge in [0.15, 0.2) is 0 Å². The number of carbonyl (C=O) groups excluding carboxylic acids is 3. The molecular formula is C22H26N4O3. The number of nitrogens with zero attached hydrogens (tertiary/aromatic N) is 1. The second-order valence-corrected chi connectivity index (χ2v) is 7.05. The van der Waals surface area contributed by atoms with Gasteiger partial charge in [-0.2, -0.15) is 0 Å². The number of nitrogens with one attached hydrogen (secondary N) is 3. The van der Waals surface area contributed by atoms with Crippen molar-refractivity contribution in [2.75, 3.05) is 25.5 Å². The van der Waals surface area contributed by atoms with Crippen LogP contribution < -0.4 is 16.0 Å². The van der Waals surface area contributed by atoms with Crippen molar-refractivity contribution in [1.82, 2.24) is 15.5 Å². The van der Waals surface area contributed by atoms with E-state index in [9.17, 15) is 14.4 Å². The van der Waals surface area contributed by atoms with Gasteiger partial charge in [-0.15, -0.1) is 0 Å². The largest absolute Gasteiger partial charge is 0.355 e. The zero-order chi connectivity index (χ0) is 20.6. The Labute approximate surface area is 170 Å². The van der Waals surface area contributed by atoms with E-state index in [-0.39, 0.29) is 23.8 Å². The monoisotopic (exact) mass is 394 g/mol. The van der Waals surface area contributed by atoms with Gasteiger partial charge in [0, 0.05) is 43.9 Å². The Morgan fingerprint density at radius 2 is 1.72 bits per heavy atom. The fourth-order valence-corrected chi connectivity index (χ4v) is 3.37. The topological polar surface area (TPSA) is 90.5 Å². The van der Waals surface area contributed by atoms with Gasteiger partial charge >= 0.3 is 6.03 Å². The number of hydrogen-bond donors (Lipinski definition) is 3. The quantitative estimate of drug-likeness (QED) is 0.728. The second kappa shape index (κ2) is 9.73. The number of anilines is 1. The van der Waals surface area contributed by atoms with Gasteiger partial charge in [-0.3, -0.25) is 9.59 Å². The van der Waals surface area contributed by atoms with Gasteiger partial charge in [0.25, 0.3) is 5.91 Å². The third kappa shape index (κ3) is 5.57. The van der Waals surface area contributed by atoms with Crippen LogP contribution in [-0.4, -0.2) is 42.9 Å². The zero-order valence-electron chi connectivity index (χ0n) is 16.5. The maximum atomic E-state index is 12.4. The highest BCUT2D eigenvalue weighted by Gasteiger charge is 2.27. The summed E-state index contributed by atoms with van der Waals surface area (Å²) in [5.74, 6) is -0.250. The summed E-state index contributed by atoms with van der Waals surface area (Å²) in [4.78, 5) is 38.3. The van der Waals surface area contributed by atoms with E-state index < -0.39 is 0 Å². The van der Waals surface area contributed by atoms with E-state index in [0.717, 1.165) is 11.3 Å². The van der Waals surface area contributed by atoms with Crippen LogP contribution in [0.1, 0.15) is 28.8 Å². The highest BCUT2D eigenvalue weighted by atomic mass is 16.2. The van der Waals surface area contributed by atoms with Crippen molar-refractivity contribution in [3.05, 3.63) is 65.7 Å². The second-order valence-electron chi connectivity index (χ2n) is 7.05. The minimum absolute atomic E-state index is 0.00211. The van der Waals surface area contributed by atoms with Crippen LogP contribution >= 0.6 is 0 Å². The Hall–Kier alpha value is -3.35. The first-order valence-electron chi connectivity index (χ1n) is 9.76. The number of rotatable bonds is 5. The van der Waals surface area contributed by atoms with Crippen LogP contribution in [0.3, 0.4) is 0 Å². The molecule has 1 saturated heterocycles. The molecule has 1 heterocycles. The highest BCUT2D eigenvalue weighted by molar-refractivity contribution is 5.94. The number of benzene rings is 2. The third-order valence-corrected chi connectivity index (χ3v) is 5.05. The summed E-state index contributed by atoms with van der Waals surface area (Å²) in [6, 6.07) is 16.4. The minimum Gasteiger partial charge on any atom is -0.355 e. The van der Waals surface area contributed by atoms with Crippen LogP contribution in [-0.2, 0) is 11.3 Å². The number of likely N-dealkylation sites (tertiary alicyclic amines) is 1. The Bertz CT molecular complexity index is 861. The maximum absolute atomic E-state index is 12.4. The molecule has 4 amide bonds. The van der Waals surface area contributed by atoms with Crippen LogP contribution in [0.5, 0.6) is 0 Å². The SMILES string of the molecule is CNC(=O)c1cccc(CNC(=O)N2CCC(C(=O)Nc3ccccc3)CC2)c1. The van der Waals surface area contributed by atoms with Gasteiger partial charge in [-0.1, -0.05) is 30.3 Å². The highest BCUT2D eigenvalue weighted by Crippen LogP contribution is 2.19. The van der Waals surface area contributed by atoms with Crippen molar-refractivity contribution in [3.63, 3.8) is 0 Å². The standard InChI is InChI=1S/C22H26N4O3/c1-23-20(27)18-7-5-6-16(14-18)15-24-22(29)26-12-10-17(11-13-26)21(28)25-19-8-3-2-4-9-19/h2-9,14,17H,10-13,15H2,1H3,(H,23,27)(H,24,29)(H,25,28). The number of hydrogen-bond acceptors (Lipinski definition) is 3. The fourth-order valence-electron chi connectivity index (χ4n) is 3.37. The van der Waals surface area contributed by atoms with Crippen molar-refractivity contribution in [3.8, 4) is 0 Å². The summed E-state index contributed by atoms with van der Waals surface area (Å²) < 4.78 is 0. The van der Waals surface area contributed by atoms with E-state index in [1.54, 1.807) is 30.1 Å². The number of urea groups is 1. The van der Waals surface area contributed by atoms with E-state index in [1.165, 1.54) is 0 Å². The van der Waals surface area contributed by atoms with E-state index >= 15 is 0 Å². The lowest BCUT2D eigenvalue weighted by atomic mass is 9.96. The van der Waals surface area contributed by atoms with E-state index in [1.807, 2.05) is 36.4 Å². The molecule has 0 unspecified atom stereocenters. The normalized spacial score (nSPS) is 14.2. The van der Waals surface area contributed by atoms with Gasteiger partial charge in [0.1, 0.15) is 0 Å². The molecule has 2 aromatic rings. The van der Waals surface area contributed by atoms with Gasteiger partial charge in [-0.25, -0.2) is 4.79 Å². The van der Waals surface area contributed by atoms with Crippen molar-refractivity contribution in [2.45, 2.75) is 19.4 Å². The molecule has 0 radical (unpaired) electrons. The van der Waals surface area contributed by atoms with E-state index in [0.29, 0.717) is 38.0 Å². The van der Waals surface area contributed by atoms with Crippen LogP contribution in [0.2, 0.25) is 0 Å². The molecule has 29 heavy (non-hydrogen) atoms. The van der Waals surface area contributed by atoms with Crippen LogP contribution in [0, 0.1) is 5.92 Å². The number of amides is 4. The van der Waals surface area contributed by atoms with Crippen LogP contribution in [0.15, 0.2) is 54.6 Å². The molecule has 0 atom stereocenters. The van der Waals surface area contributed by atoms with Gasteiger partial charge in [0.2, 0.25) is 5.91 Å². The van der Waals surface area contributed by atoms with Crippen molar-refractivity contribution < 1.29 is 14.4 Å². The van der Waals surface area contributed by atoms with Crippen LogP contribution in [0.4, 0.5) is 10.5 Å². The molecule has 7 nitrogen and oxygen atoms in total. The van der Waals surface area contributed by atoms with E-state index in [2.05, 4.69) is 16.0 Å². The number of para-hydroxylation sites is 1. The predicted octanol–water partition coefficient (Wildman–Crippen LogP) is 2.61. The lowest BCUT2D eigenvalue weighted by molar-refractivity contribution is -0.121. The molecule has 0 aromatic heterocycles. The third-order valence-electron chi connectivity index (χ3n) is 5.05. The molecule has 0 bridgehead atoms. The number of piperidine rings is 1. The summed E-state index contributed by atoms with van der Waals surface area (Å²) in [5, 5.41) is 8.41. The zero-order valence-corrected chi connectivity index (χ0v) is 16.5. The molecule has 7 heteroatoms. The molecule has 3 N–H and O–H groups in total. The predicted molar refractivity (Wildman–Crippen MR) is 111 cm³/mol. The molecule has 2 aromatic carbocycles. The summed E-state index contributed by atoms with van der Waals surface area (Å²) in [5.41, 5.74) is 2.21. The maximum Gasteiger partial charge on any atom is 0.317 e. The Morgan fingerprint density at radius 1 is 1.00 bits per heavy atom. The molecule has 1 aliphatic heterocycles. The van der Waals surface area contributed by atoms with E-state index in [4.69, 9.17) is 0 Å². The first-order chi connectivity index (χ1) is 14.1. The fraction of sp³-hybridized carbons (Fsp3) is 0.318. The summed E-state index contributed by atoms with van der Waals surface area (Å²) >= 11 is 0. The van der Waals surface area contributed by atoms with Crippen molar-refractivity contribution in [2.24, 2.45) is 5.92 Å². The summed E-state index contributed by atoms with van der Waals surface area (Å²) in [7, 11) is 1.58. The molecular weight excluding hydrogens is 368 g/mol. The minimum atomic E-state index is -0.158. The summed E-state index contributed by atoms with van der Waals surface area (Å²) in [6.45, 7) is 1.42. The molecule has 152 valence electrons. The number of carbonyl (C=O) groups is 3. The van der Waals surface area contributed by atoms with Crippen molar-refractivity contribution >= 4 is 23.5 Å². The Kier molecular flexibility index (Phi) is 6.84. The molecule has 3 rings (SSSR count).